The Bertz CT molecular complexity index is 1410. The molecule has 0 radical (unpaired) electrons. The van der Waals surface area contributed by atoms with Gasteiger partial charge in [-0.1, -0.05) is 36.4 Å². The van der Waals surface area contributed by atoms with Gasteiger partial charge in [-0.05, 0) is 30.3 Å². The lowest BCUT2D eigenvalue weighted by atomic mass is 10.1. The quantitative estimate of drug-likeness (QED) is 0.401. The van der Waals surface area contributed by atoms with E-state index in [4.69, 9.17) is 9.40 Å². The first-order valence-electron chi connectivity index (χ1n) is 8.51. The lowest BCUT2D eigenvalue weighted by Crippen LogP contribution is -1.93. The van der Waals surface area contributed by atoms with Crippen molar-refractivity contribution in [3.63, 3.8) is 0 Å². The van der Waals surface area contributed by atoms with Crippen LogP contribution in [0.3, 0.4) is 0 Å². The van der Waals surface area contributed by atoms with Crippen molar-refractivity contribution in [2.24, 2.45) is 0 Å². The summed E-state index contributed by atoms with van der Waals surface area (Å²) in [4.78, 5) is 9.36. The standard InChI is InChI=1S/C22H13N3O/c1-3-7-18-14(5-1)11-21-23-13-17-9-16(12-24-22(17)25(18)21)20-10-15-6-2-4-8-19(15)26-20/h1-13H. The molecule has 0 atom stereocenters. The average molecular weight is 335 g/mol. The van der Waals surface area contributed by atoms with Crippen LogP contribution in [0.4, 0.5) is 0 Å². The molecule has 0 unspecified atom stereocenters. The highest BCUT2D eigenvalue weighted by atomic mass is 16.3. The first-order valence-corrected chi connectivity index (χ1v) is 8.51. The molecule has 0 aliphatic rings. The monoisotopic (exact) mass is 335 g/mol. The van der Waals surface area contributed by atoms with Gasteiger partial charge in [-0.25, -0.2) is 9.97 Å². The van der Waals surface area contributed by atoms with Gasteiger partial charge in [0, 0.05) is 34.1 Å². The second kappa shape index (κ2) is 4.92. The molecule has 0 saturated heterocycles. The number of nitrogens with zero attached hydrogens (tertiary/aromatic N) is 3. The molecule has 122 valence electrons. The van der Waals surface area contributed by atoms with Crippen molar-refractivity contribution in [2.75, 3.05) is 0 Å². The Balaban J connectivity index is 1.63. The molecule has 0 spiro atoms. The fraction of sp³-hybridized carbons (Fsp3) is 0. The average Bonchev–Trinajstić information content (AvgIpc) is 3.29. The van der Waals surface area contributed by atoms with Crippen LogP contribution in [-0.2, 0) is 0 Å². The van der Waals surface area contributed by atoms with E-state index in [2.05, 4.69) is 39.7 Å². The second-order valence-electron chi connectivity index (χ2n) is 6.44. The van der Waals surface area contributed by atoms with Gasteiger partial charge in [0.25, 0.3) is 0 Å². The molecular weight excluding hydrogens is 322 g/mol. The van der Waals surface area contributed by atoms with Crippen LogP contribution in [0.15, 0.2) is 83.5 Å². The van der Waals surface area contributed by atoms with Crippen molar-refractivity contribution in [3.8, 4) is 11.3 Å². The molecule has 0 aliphatic heterocycles. The van der Waals surface area contributed by atoms with Crippen molar-refractivity contribution in [1.82, 2.24) is 14.4 Å². The van der Waals surface area contributed by atoms with E-state index in [1.807, 2.05) is 48.8 Å². The third-order valence-electron chi connectivity index (χ3n) is 4.84. The van der Waals surface area contributed by atoms with Crippen molar-refractivity contribution in [1.29, 1.82) is 0 Å². The first-order chi connectivity index (χ1) is 12.9. The SMILES string of the molecule is c1ccc2oc(-c3cnc4c(cnc5cc6ccccc6n54)c3)cc2c1. The topological polar surface area (TPSA) is 43.3 Å². The summed E-state index contributed by atoms with van der Waals surface area (Å²) in [6.07, 6.45) is 3.75. The summed E-state index contributed by atoms with van der Waals surface area (Å²) in [6, 6.07) is 22.5. The molecule has 0 fully saturated rings. The van der Waals surface area contributed by atoms with Crippen LogP contribution in [0.25, 0.3) is 49.9 Å². The number of fused-ring (bicyclic) bond motifs is 6. The lowest BCUT2D eigenvalue weighted by Gasteiger charge is -2.04. The summed E-state index contributed by atoms with van der Waals surface area (Å²) in [7, 11) is 0. The third kappa shape index (κ3) is 1.84. The van der Waals surface area contributed by atoms with Crippen LogP contribution >= 0.6 is 0 Å². The molecule has 2 aromatic carbocycles. The molecule has 26 heavy (non-hydrogen) atoms. The Labute approximate surface area is 148 Å². The Morgan fingerprint density at radius 3 is 2.50 bits per heavy atom. The van der Waals surface area contributed by atoms with Gasteiger partial charge in [-0.3, -0.25) is 4.40 Å². The van der Waals surface area contributed by atoms with Gasteiger partial charge in [0.15, 0.2) is 0 Å². The maximum Gasteiger partial charge on any atom is 0.147 e. The lowest BCUT2D eigenvalue weighted by molar-refractivity contribution is 0.631. The Kier molecular flexibility index (Phi) is 2.58. The minimum atomic E-state index is 0.818. The predicted molar refractivity (Wildman–Crippen MR) is 103 cm³/mol. The second-order valence-corrected chi connectivity index (χ2v) is 6.44. The van der Waals surface area contributed by atoms with Gasteiger partial charge in [-0.15, -0.1) is 0 Å². The maximum absolute atomic E-state index is 5.98. The Morgan fingerprint density at radius 1 is 0.731 bits per heavy atom. The van der Waals surface area contributed by atoms with Crippen LogP contribution < -0.4 is 0 Å². The van der Waals surface area contributed by atoms with Gasteiger partial charge in [0.1, 0.15) is 22.6 Å². The van der Waals surface area contributed by atoms with Crippen molar-refractivity contribution in [2.45, 2.75) is 0 Å². The van der Waals surface area contributed by atoms with Crippen LogP contribution in [-0.4, -0.2) is 14.4 Å². The van der Waals surface area contributed by atoms with Gasteiger partial charge >= 0.3 is 0 Å². The fourth-order valence-corrected chi connectivity index (χ4v) is 3.61. The molecule has 0 aliphatic carbocycles. The normalized spacial score (nSPS) is 11.8. The third-order valence-corrected chi connectivity index (χ3v) is 4.84. The minimum Gasteiger partial charge on any atom is -0.456 e. The maximum atomic E-state index is 5.98. The van der Waals surface area contributed by atoms with Crippen molar-refractivity contribution >= 4 is 38.6 Å². The summed E-state index contributed by atoms with van der Waals surface area (Å²) >= 11 is 0. The number of para-hydroxylation sites is 2. The van der Waals surface area contributed by atoms with Gasteiger partial charge in [0.2, 0.25) is 0 Å². The Hall–Kier alpha value is -3.66. The van der Waals surface area contributed by atoms with Gasteiger partial charge in [-0.2, -0.15) is 0 Å². The molecule has 0 amide bonds. The summed E-state index contributed by atoms with van der Waals surface area (Å²) in [5.74, 6) is 0.818. The zero-order chi connectivity index (χ0) is 17.1. The molecule has 4 heterocycles. The molecule has 4 aromatic heterocycles. The molecule has 0 N–H and O–H groups in total. The van der Waals surface area contributed by atoms with E-state index in [1.165, 1.54) is 0 Å². The summed E-state index contributed by atoms with van der Waals surface area (Å²) in [5, 5.41) is 3.24. The molecule has 6 rings (SSSR count). The van der Waals surface area contributed by atoms with E-state index in [0.29, 0.717) is 0 Å². The molecular formula is C22H13N3O. The highest BCUT2D eigenvalue weighted by Crippen LogP contribution is 2.30. The highest BCUT2D eigenvalue weighted by Gasteiger charge is 2.11. The van der Waals surface area contributed by atoms with E-state index >= 15 is 0 Å². The van der Waals surface area contributed by atoms with E-state index in [0.717, 1.165) is 49.9 Å². The van der Waals surface area contributed by atoms with Crippen molar-refractivity contribution < 1.29 is 4.42 Å². The van der Waals surface area contributed by atoms with Crippen LogP contribution in [0.5, 0.6) is 0 Å². The highest BCUT2D eigenvalue weighted by molar-refractivity contribution is 5.92. The molecule has 0 saturated carbocycles. The number of hydrogen-bond donors (Lipinski definition) is 0. The minimum absolute atomic E-state index is 0.818. The van der Waals surface area contributed by atoms with Crippen molar-refractivity contribution in [3.05, 3.63) is 79.1 Å². The molecule has 6 aromatic rings. The summed E-state index contributed by atoms with van der Waals surface area (Å²) in [5.41, 5.74) is 4.75. The van der Waals surface area contributed by atoms with Gasteiger partial charge in [0.05, 0.1) is 5.52 Å². The molecule has 4 heteroatoms. The van der Waals surface area contributed by atoms with E-state index in [9.17, 15) is 0 Å². The Morgan fingerprint density at radius 2 is 1.58 bits per heavy atom. The number of furan rings is 1. The number of aromatic nitrogens is 3. The first kappa shape index (κ1) is 13.6. The fourth-order valence-electron chi connectivity index (χ4n) is 3.61. The number of rotatable bonds is 1. The molecule has 4 nitrogen and oxygen atoms in total. The van der Waals surface area contributed by atoms with Crippen LogP contribution in [0.2, 0.25) is 0 Å². The van der Waals surface area contributed by atoms with Crippen LogP contribution in [0, 0.1) is 0 Å². The number of benzene rings is 2. The van der Waals surface area contributed by atoms with E-state index < -0.39 is 0 Å². The number of pyridine rings is 1. The van der Waals surface area contributed by atoms with Crippen LogP contribution in [0.1, 0.15) is 0 Å². The van der Waals surface area contributed by atoms with Gasteiger partial charge < -0.3 is 4.42 Å². The predicted octanol–water partition coefficient (Wildman–Crippen LogP) is 5.45. The zero-order valence-electron chi connectivity index (χ0n) is 13.8. The zero-order valence-corrected chi connectivity index (χ0v) is 13.8. The van der Waals surface area contributed by atoms with E-state index in [-0.39, 0.29) is 0 Å². The molecule has 0 bridgehead atoms. The largest absolute Gasteiger partial charge is 0.456 e. The van der Waals surface area contributed by atoms with E-state index in [1.54, 1.807) is 0 Å². The number of hydrogen-bond acceptors (Lipinski definition) is 3. The smallest absolute Gasteiger partial charge is 0.147 e. The summed E-state index contributed by atoms with van der Waals surface area (Å²) in [6.45, 7) is 0. The summed E-state index contributed by atoms with van der Waals surface area (Å²) < 4.78 is 8.08.